The van der Waals surface area contributed by atoms with Crippen molar-refractivity contribution in [2.75, 3.05) is 13.2 Å². The summed E-state index contributed by atoms with van der Waals surface area (Å²) in [5.74, 6) is 2.01. The monoisotopic (exact) mass is 293 g/mol. The maximum Gasteiger partial charge on any atom is 0.161 e. The topological polar surface area (TPSA) is 44.5 Å². The summed E-state index contributed by atoms with van der Waals surface area (Å²) in [5.41, 5.74) is 7.48. The van der Waals surface area contributed by atoms with Gasteiger partial charge >= 0.3 is 0 Å². The number of nitrogens with two attached hydrogens (primary N) is 1. The Morgan fingerprint density at radius 3 is 2.14 bits per heavy atom. The van der Waals surface area contributed by atoms with Crippen LogP contribution in [0.2, 0.25) is 0 Å². The second-order valence-corrected chi connectivity index (χ2v) is 5.64. The summed E-state index contributed by atoms with van der Waals surface area (Å²) in [5, 5.41) is 0. The molecule has 0 aromatic heterocycles. The van der Waals surface area contributed by atoms with E-state index in [1.54, 1.807) is 0 Å². The van der Waals surface area contributed by atoms with Gasteiger partial charge < -0.3 is 15.2 Å². The molecule has 2 N–H and O–H groups in total. The summed E-state index contributed by atoms with van der Waals surface area (Å²) in [7, 11) is 0. The highest BCUT2D eigenvalue weighted by atomic mass is 16.5. The Morgan fingerprint density at radius 1 is 0.952 bits per heavy atom. The van der Waals surface area contributed by atoms with Crippen molar-refractivity contribution < 1.29 is 9.47 Å². The van der Waals surface area contributed by atoms with Gasteiger partial charge in [0.1, 0.15) is 0 Å². The molecule has 0 bridgehead atoms. The van der Waals surface area contributed by atoms with Crippen molar-refractivity contribution in [3.05, 3.63) is 23.8 Å². The average molecular weight is 293 g/mol. The fraction of sp³-hybridized carbons (Fsp3) is 0.667. The minimum atomic E-state index is 0.191. The number of benzene rings is 1. The van der Waals surface area contributed by atoms with E-state index in [0.29, 0.717) is 19.1 Å². The summed E-state index contributed by atoms with van der Waals surface area (Å²) in [6.07, 6.45) is 4.14. The molecule has 0 fully saturated rings. The molecule has 0 amide bonds. The maximum atomic E-state index is 6.26. The van der Waals surface area contributed by atoms with Crippen molar-refractivity contribution in [1.82, 2.24) is 0 Å². The van der Waals surface area contributed by atoms with Crippen LogP contribution in [0.5, 0.6) is 11.5 Å². The van der Waals surface area contributed by atoms with Crippen molar-refractivity contribution in [2.45, 2.75) is 65.3 Å². The van der Waals surface area contributed by atoms with Gasteiger partial charge in [-0.25, -0.2) is 0 Å². The van der Waals surface area contributed by atoms with Crippen LogP contribution >= 0.6 is 0 Å². The van der Waals surface area contributed by atoms with Gasteiger partial charge in [-0.3, -0.25) is 0 Å². The lowest BCUT2D eigenvalue weighted by molar-refractivity contribution is 0.268. The Bertz CT molecular complexity index is 406. The number of hydrogen-bond acceptors (Lipinski definition) is 3. The van der Waals surface area contributed by atoms with E-state index in [-0.39, 0.29) is 6.04 Å². The summed E-state index contributed by atoms with van der Waals surface area (Å²) >= 11 is 0. The Hall–Kier alpha value is -1.22. The number of hydrogen-bond donors (Lipinski definition) is 1. The van der Waals surface area contributed by atoms with Crippen LogP contribution in [0, 0.1) is 0 Å². The Labute approximate surface area is 129 Å². The first-order valence-electron chi connectivity index (χ1n) is 8.29. The zero-order valence-electron chi connectivity index (χ0n) is 14.0. The van der Waals surface area contributed by atoms with E-state index >= 15 is 0 Å². The third kappa shape index (κ3) is 5.58. The lowest BCUT2D eigenvalue weighted by atomic mass is 9.91. The highest BCUT2D eigenvalue weighted by Gasteiger charge is 2.16. The molecule has 3 heteroatoms. The van der Waals surface area contributed by atoms with Crippen molar-refractivity contribution >= 4 is 0 Å². The largest absolute Gasteiger partial charge is 0.490 e. The SMILES string of the molecule is CCCOc1ccc(C(C)C(N)CCC)cc1OCCC. The average Bonchev–Trinajstić information content (AvgIpc) is 2.50. The number of rotatable bonds is 10. The molecule has 1 rings (SSSR count). The molecule has 1 aromatic carbocycles. The van der Waals surface area contributed by atoms with E-state index in [1.807, 2.05) is 6.07 Å². The quantitative estimate of drug-likeness (QED) is 0.691. The van der Waals surface area contributed by atoms with E-state index < -0.39 is 0 Å². The third-order valence-electron chi connectivity index (χ3n) is 3.68. The normalized spacial score (nSPS) is 13.8. The van der Waals surface area contributed by atoms with Crippen LogP contribution in [0.1, 0.15) is 64.9 Å². The fourth-order valence-electron chi connectivity index (χ4n) is 2.29. The minimum Gasteiger partial charge on any atom is -0.490 e. The first kappa shape index (κ1) is 17.8. The van der Waals surface area contributed by atoms with Crippen LogP contribution in [0.4, 0.5) is 0 Å². The highest BCUT2D eigenvalue weighted by molar-refractivity contribution is 5.44. The van der Waals surface area contributed by atoms with Crippen LogP contribution < -0.4 is 15.2 Å². The number of ether oxygens (including phenoxy) is 2. The molecule has 0 aliphatic carbocycles. The van der Waals surface area contributed by atoms with Crippen molar-refractivity contribution in [1.29, 1.82) is 0 Å². The van der Waals surface area contributed by atoms with E-state index in [2.05, 4.69) is 39.8 Å². The fourth-order valence-corrected chi connectivity index (χ4v) is 2.29. The van der Waals surface area contributed by atoms with Crippen LogP contribution in [0.25, 0.3) is 0 Å². The summed E-state index contributed by atoms with van der Waals surface area (Å²) in [6.45, 7) is 9.99. The minimum absolute atomic E-state index is 0.191. The summed E-state index contributed by atoms with van der Waals surface area (Å²) in [6, 6.07) is 6.42. The standard InChI is InChI=1S/C18H31NO2/c1-5-8-16(19)14(4)15-9-10-17(20-11-6-2)18(13-15)21-12-7-3/h9-10,13-14,16H,5-8,11-12,19H2,1-4H3. The van der Waals surface area contributed by atoms with Crippen LogP contribution in [0.15, 0.2) is 18.2 Å². The Balaban J connectivity index is 2.91. The zero-order chi connectivity index (χ0) is 15.7. The van der Waals surface area contributed by atoms with Gasteiger partial charge in [-0.2, -0.15) is 0 Å². The third-order valence-corrected chi connectivity index (χ3v) is 3.68. The van der Waals surface area contributed by atoms with E-state index in [1.165, 1.54) is 5.56 Å². The van der Waals surface area contributed by atoms with Gasteiger partial charge in [-0.1, -0.05) is 40.2 Å². The van der Waals surface area contributed by atoms with Gasteiger partial charge in [0.15, 0.2) is 11.5 Å². The molecular formula is C18H31NO2. The molecule has 2 atom stereocenters. The van der Waals surface area contributed by atoms with E-state index in [0.717, 1.165) is 37.2 Å². The molecule has 21 heavy (non-hydrogen) atoms. The van der Waals surface area contributed by atoms with Gasteiger partial charge in [0.25, 0.3) is 0 Å². The second-order valence-electron chi connectivity index (χ2n) is 5.64. The van der Waals surface area contributed by atoms with Crippen LogP contribution in [-0.4, -0.2) is 19.3 Å². The van der Waals surface area contributed by atoms with Gasteiger partial charge in [-0.15, -0.1) is 0 Å². The van der Waals surface area contributed by atoms with E-state index in [9.17, 15) is 0 Å². The van der Waals surface area contributed by atoms with Gasteiger partial charge in [0.2, 0.25) is 0 Å². The predicted molar refractivity (Wildman–Crippen MR) is 89.3 cm³/mol. The van der Waals surface area contributed by atoms with Crippen molar-refractivity contribution in [2.24, 2.45) is 5.73 Å². The smallest absolute Gasteiger partial charge is 0.161 e. The van der Waals surface area contributed by atoms with Gasteiger partial charge in [0.05, 0.1) is 13.2 Å². The molecule has 0 radical (unpaired) electrons. The lowest BCUT2D eigenvalue weighted by Gasteiger charge is -2.21. The lowest BCUT2D eigenvalue weighted by Crippen LogP contribution is -2.26. The molecule has 3 nitrogen and oxygen atoms in total. The van der Waals surface area contributed by atoms with Gasteiger partial charge in [0, 0.05) is 6.04 Å². The second kappa shape index (κ2) is 9.67. The molecule has 120 valence electrons. The molecule has 0 heterocycles. The van der Waals surface area contributed by atoms with Crippen LogP contribution in [0.3, 0.4) is 0 Å². The van der Waals surface area contributed by atoms with Crippen molar-refractivity contribution in [3.8, 4) is 11.5 Å². The zero-order valence-corrected chi connectivity index (χ0v) is 14.0. The highest BCUT2D eigenvalue weighted by Crippen LogP contribution is 2.32. The van der Waals surface area contributed by atoms with E-state index in [4.69, 9.17) is 15.2 Å². The molecular weight excluding hydrogens is 262 g/mol. The molecule has 0 aliphatic rings. The Morgan fingerprint density at radius 2 is 1.57 bits per heavy atom. The summed E-state index contributed by atoms with van der Waals surface area (Å²) in [4.78, 5) is 0. The van der Waals surface area contributed by atoms with Crippen LogP contribution in [-0.2, 0) is 0 Å². The molecule has 0 saturated carbocycles. The predicted octanol–water partition coefficient (Wildman–Crippen LogP) is 4.50. The summed E-state index contributed by atoms with van der Waals surface area (Å²) < 4.78 is 11.6. The van der Waals surface area contributed by atoms with Crippen molar-refractivity contribution in [3.63, 3.8) is 0 Å². The first-order valence-corrected chi connectivity index (χ1v) is 8.29. The molecule has 0 spiro atoms. The molecule has 0 saturated heterocycles. The van der Waals surface area contributed by atoms with Gasteiger partial charge in [-0.05, 0) is 42.9 Å². The first-order chi connectivity index (χ1) is 10.1. The maximum absolute atomic E-state index is 6.26. The molecule has 1 aromatic rings. The Kier molecular flexibility index (Phi) is 8.21. The molecule has 2 unspecified atom stereocenters. The molecule has 0 aliphatic heterocycles.